The van der Waals surface area contributed by atoms with E-state index in [-0.39, 0.29) is 5.78 Å². The van der Waals surface area contributed by atoms with Gasteiger partial charge in [-0.1, -0.05) is 72.8 Å². The van der Waals surface area contributed by atoms with E-state index in [0.29, 0.717) is 31.0 Å². The molecule has 0 aliphatic heterocycles. The van der Waals surface area contributed by atoms with Gasteiger partial charge in [0.05, 0.1) is 5.57 Å². The molecule has 0 radical (unpaired) electrons. The van der Waals surface area contributed by atoms with Crippen molar-refractivity contribution >= 4 is 5.78 Å². The van der Waals surface area contributed by atoms with Crippen molar-refractivity contribution in [2.45, 2.75) is 26.6 Å². The molecule has 26 heavy (non-hydrogen) atoms. The zero-order valence-electron chi connectivity index (χ0n) is 14.9. The maximum atomic E-state index is 12.0. The minimum atomic E-state index is -0.0233. The Labute approximate surface area is 154 Å². The molecule has 2 aromatic rings. The molecule has 0 saturated carbocycles. The van der Waals surface area contributed by atoms with Gasteiger partial charge >= 0.3 is 0 Å². The largest absolute Gasteiger partial charge is 0.493 e. The highest BCUT2D eigenvalue weighted by molar-refractivity contribution is 5.97. The lowest BCUT2D eigenvalue weighted by Crippen LogP contribution is -2.02. The van der Waals surface area contributed by atoms with Gasteiger partial charge in [-0.3, -0.25) is 4.79 Å². The molecule has 0 N–H and O–H groups in total. The van der Waals surface area contributed by atoms with Crippen molar-refractivity contribution < 1.29 is 14.3 Å². The summed E-state index contributed by atoms with van der Waals surface area (Å²) in [5.74, 6) is 1.31. The summed E-state index contributed by atoms with van der Waals surface area (Å²) >= 11 is 0. The third-order valence-corrected chi connectivity index (χ3v) is 4.04. The first-order chi connectivity index (χ1) is 12.7. The fourth-order valence-electron chi connectivity index (χ4n) is 2.65. The van der Waals surface area contributed by atoms with Crippen LogP contribution >= 0.6 is 0 Å². The monoisotopic (exact) mass is 346 g/mol. The van der Waals surface area contributed by atoms with Crippen LogP contribution in [-0.2, 0) is 27.5 Å². The van der Waals surface area contributed by atoms with Crippen LogP contribution in [0.25, 0.3) is 0 Å². The molecule has 0 amide bonds. The fraction of sp³-hybridized carbons (Fsp3) is 0.174. The predicted molar refractivity (Wildman–Crippen MR) is 102 cm³/mol. The van der Waals surface area contributed by atoms with E-state index in [9.17, 15) is 4.79 Å². The summed E-state index contributed by atoms with van der Waals surface area (Å²) in [6.45, 7) is 2.44. The van der Waals surface area contributed by atoms with Crippen molar-refractivity contribution in [3.05, 3.63) is 107 Å². The molecule has 3 nitrogen and oxygen atoms in total. The lowest BCUT2D eigenvalue weighted by Gasteiger charge is -2.12. The molecule has 0 heterocycles. The van der Waals surface area contributed by atoms with E-state index in [2.05, 4.69) is 0 Å². The van der Waals surface area contributed by atoms with Crippen LogP contribution in [0.15, 0.2) is 96.0 Å². The minimum Gasteiger partial charge on any atom is -0.493 e. The van der Waals surface area contributed by atoms with Gasteiger partial charge in [0, 0.05) is 12.5 Å². The SMILES string of the molecule is CC(=O)C1=C(OCc2ccccc2)C=C(OCc2ccccc2)CC=C1. The number of ketones is 1. The predicted octanol–water partition coefficient (Wildman–Crippen LogP) is 5.11. The Morgan fingerprint density at radius 2 is 1.46 bits per heavy atom. The van der Waals surface area contributed by atoms with Gasteiger partial charge in [0.25, 0.3) is 0 Å². The molecule has 0 fully saturated rings. The molecular weight excluding hydrogens is 324 g/mol. The summed E-state index contributed by atoms with van der Waals surface area (Å²) in [4.78, 5) is 12.0. The van der Waals surface area contributed by atoms with Crippen LogP contribution in [0.3, 0.4) is 0 Å². The van der Waals surface area contributed by atoms with Crippen LogP contribution in [0.2, 0.25) is 0 Å². The number of carbonyl (C=O) groups is 1. The molecule has 0 aromatic heterocycles. The van der Waals surface area contributed by atoms with Gasteiger partial charge in [-0.25, -0.2) is 0 Å². The lowest BCUT2D eigenvalue weighted by molar-refractivity contribution is -0.113. The number of benzene rings is 2. The Bertz CT molecular complexity index is 830. The maximum Gasteiger partial charge on any atom is 0.163 e. The van der Waals surface area contributed by atoms with Crippen LogP contribution in [-0.4, -0.2) is 5.78 Å². The van der Waals surface area contributed by atoms with Crippen molar-refractivity contribution in [3.8, 4) is 0 Å². The maximum absolute atomic E-state index is 12.0. The smallest absolute Gasteiger partial charge is 0.163 e. The van der Waals surface area contributed by atoms with Gasteiger partial charge in [-0.15, -0.1) is 0 Å². The Morgan fingerprint density at radius 1 is 0.885 bits per heavy atom. The summed E-state index contributed by atoms with van der Waals surface area (Å²) in [5, 5.41) is 0. The number of hydrogen-bond donors (Lipinski definition) is 0. The molecule has 3 heteroatoms. The number of carbonyl (C=O) groups excluding carboxylic acids is 1. The van der Waals surface area contributed by atoms with E-state index in [1.54, 1.807) is 6.92 Å². The van der Waals surface area contributed by atoms with Crippen LogP contribution in [0.4, 0.5) is 0 Å². The van der Waals surface area contributed by atoms with Gasteiger partial charge in [-0.05, 0) is 18.1 Å². The standard InChI is InChI=1S/C23H22O3/c1-18(24)22-14-8-13-21(25-16-19-9-4-2-5-10-19)15-23(22)26-17-20-11-6-3-7-12-20/h2-12,14-15H,13,16-17H2,1H3. The van der Waals surface area contributed by atoms with Crippen LogP contribution in [0.5, 0.6) is 0 Å². The first-order valence-electron chi connectivity index (χ1n) is 8.68. The summed E-state index contributed by atoms with van der Waals surface area (Å²) in [6.07, 6.45) is 6.22. The zero-order valence-corrected chi connectivity index (χ0v) is 14.9. The molecule has 0 atom stereocenters. The average molecular weight is 346 g/mol. The molecule has 3 rings (SSSR count). The summed E-state index contributed by atoms with van der Waals surface area (Å²) < 4.78 is 11.9. The highest BCUT2D eigenvalue weighted by Gasteiger charge is 2.14. The summed E-state index contributed by atoms with van der Waals surface area (Å²) in [7, 11) is 0. The number of allylic oxidation sites excluding steroid dienone is 4. The van der Waals surface area contributed by atoms with E-state index in [1.807, 2.05) is 78.9 Å². The summed E-state index contributed by atoms with van der Waals surface area (Å²) in [6, 6.07) is 19.9. The number of rotatable bonds is 7. The lowest BCUT2D eigenvalue weighted by atomic mass is 10.1. The Hall–Kier alpha value is -3.07. The van der Waals surface area contributed by atoms with E-state index < -0.39 is 0 Å². The van der Waals surface area contributed by atoms with Crippen molar-refractivity contribution in [2.24, 2.45) is 0 Å². The molecule has 0 spiro atoms. The quantitative estimate of drug-likeness (QED) is 0.699. The topological polar surface area (TPSA) is 35.5 Å². The Morgan fingerprint density at radius 3 is 2.04 bits per heavy atom. The van der Waals surface area contributed by atoms with Crippen LogP contribution in [0, 0.1) is 0 Å². The molecule has 1 aliphatic carbocycles. The Balaban J connectivity index is 1.76. The van der Waals surface area contributed by atoms with Gasteiger partial charge < -0.3 is 9.47 Å². The average Bonchev–Trinajstić information content (AvgIpc) is 2.89. The normalized spacial score (nSPS) is 13.8. The van der Waals surface area contributed by atoms with Gasteiger partial charge in [0.15, 0.2) is 5.78 Å². The second-order valence-corrected chi connectivity index (χ2v) is 6.10. The molecule has 132 valence electrons. The second-order valence-electron chi connectivity index (χ2n) is 6.10. The van der Waals surface area contributed by atoms with Crippen molar-refractivity contribution in [2.75, 3.05) is 0 Å². The second kappa shape index (κ2) is 8.86. The first kappa shape index (κ1) is 17.7. The molecule has 0 saturated heterocycles. The zero-order chi connectivity index (χ0) is 18.2. The number of Topliss-reactive ketones (excluding diaryl/α,β-unsaturated/α-hetero) is 1. The molecule has 0 unspecified atom stereocenters. The van der Waals surface area contributed by atoms with E-state index in [0.717, 1.165) is 16.9 Å². The van der Waals surface area contributed by atoms with Crippen LogP contribution in [0.1, 0.15) is 24.5 Å². The molecule has 1 aliphatic rings. The number of hydrogen-bond acceptors (Lipinski definition) is 3. The Kier molecular flexibility index (Phi) is 6.05. The van der Waals surface area contributed by atoms with E-state index >= 15 is 0 Å². The van der Waals surface area contributed by atoms with Crippen molar-refractivity contribution in [1.29, 1.82) is 0 Å². The molecule has 0 bridgehead atoms. The van der Waals surface area contributed by atoms with Crippen LogP contribution < -0.4 is 0 Å². The molecule has 2 aromatic carbocycles. The minimum absolute atomic E-state index is 0.0233. The highest BCUT2D eigenvalue weighted by Crippen LogP contribution is 2.22. The fourth-order valence-corrected chi connectivity index (χ4v) is 2.65. The summed E-state index contributed by atoms with van der Waals surface area (Å²) in [5.41, 5.74) is 2.72. The van der Waals surface area contributed by atoms with E-state index in [4.69, 9.17) is 9.47 Å². The van der Waals surface area contributed by atoms with Gasteiger partial charge in [-0.2, -0.15) is 0 Å². The van der Waals surface area contributed by atoms with Gasteiger partial charge in [0.1, 0.15) is 24.7 Å². The van der Waals surface area contributed by atoms with Crippen molar-refractivity contribution in [1.82, 2.24) is 0 Å². The van der Waals surface area contributed by atoms with E-state index in [1.165, 1.54) is 0 Å². The third-order valence-electron chi connectivity index (χ3n) is 4.04. The van der Waals surface area contributed by atoms with Crippen molar-refractivity contribution in [3.63, 3.8) is 0 Å². The van der Waals surface area contributed by atoms with Gasteiger partial charge in [0.2, 0.25) is 0 Å². The first-order valence-corrected chi connectivity index (χ1v) is 8.68. The third kappa shape index (κ3) is 4.96. The highest BCUT2D eigenvalue weighted by atomic mass is 16.5. The molecular formula is C23H22O3. The number of ether oxygens (including phenoxy) is 2.